The summed E-state index contributed by atoms with van der Waals surface area (Å²) in [5, 5.41) is 2.38. The third kappa shape index (κ3) is 6.64. The lowest BCUT2D eigenvalue weighted by atomic mass is 9.78. The van der Waals surface area contributed by atoms with E-state index in [2.05, 4.69) is 203 Å². The molecule has 3 heterocycles. The molecule has 0 bridgehead atoms. The predicted molar refractivity (Wildman–Crippen MR) is 226 cm³/mol. The molecule has 1 aliphatic rings. The van der Waals surface area contributed by atoms with Crippen LogP contribution in [-0.4, -0.2) is 16.2 Å². The number of pyridine rings is 1. The van der Waals surface area contributed by atoms with Crippen molar-refractivity contribution in [3.63, 3.8) is 0 Å². The Morgan fingerprint density at radius 1 is 0.500 bits per heavy atom. The number of fused-ring (bicyclic) bond motifs is 3. The summed E-state index contributed by atoms with van der Waals surface area (Å²) in [6.07, 6.45) is 6.23. The van der Waals surface area contributed by atoms with Gasteiger partial charge in [-0.15, -0.1) is 0 Å². The van der Waals surface area contributed by atoms with Crippen molar-refractivity contribution in [1.29, 1.82) is 0 Å². The molecule has 0 radical (unpaired) electrons. The maximum absolute atomic E-state index is 6.64. The van der Waals surface area contributed by atoms with Crippen molar-refractivity contribution < 1.29 is 4.74 Å². The van der Waals surface area contributed by atoms with Gasteiger partial charge in [0.2, 0.25) is 0 Å². The van der Waals surface area contributed by atoms with Crippen LogP contribution in [0.3, 0.4) is 0 Å². The van der Waals surface area contributed by atoms with Crippen LogP contribution in [0.15, 0.2) is 146 Å². The number of benzene rings is 5. The van der Waals surface area contributed by atoms with Crippen LogP contribution in [0.2, 0.25) is 0 Å². The molecule has 5 heteroatoms. The van der Waals surface area contributed by atoms with E-state index in [0.717, 1.165) is 34.0 Å². The van der Waals surface area contributed by atoms with Crippen LogP contribution < -0.4 is 14.5 Å². The molecule has 0 saturated heterocycles. The number of rotatable bonds is 7. The lowest BCUT2D eigenvalue weighted by Crippen LogP contribution is -2.25. The number of hydrogen-bond donors (Lipinski definition) is 0. The van der Waals surface area contributed by atoms with Gasteiger partial charge in [0.25, 0.3) is 0 Å². The van der Waals surface area contributed by atoms with Crippen molar-refractivity contribution in [2.45, 2.75) is 71.6 Å². The highest BCUT2D eigenvalue weighted by Crippen LogP contribution is 2.39. The Balaban J connectivity index is 1.09. The van der Waals surface area contributed by atoms with Gasteiger partial charge in [0.05, 0.1) is 17.7 Å². The van der Waals surface area contributed by atoms with Crippen LogP contribution in [-0.2, 0) is 16.2 Å². The zero-order valence-corrected chi connectivity index (χ0v) is 32.8. The molecule has 7 aromatic rings. The number of nitrogens with zero attached hydrogens (tertiary/aromatic N) is 4. The maximum Gasteiger partial charge on any atom is 0.137 e. The summed E-state index contributed by atoms with van der Waals surface area (Å²) in [7, 11) is 0. The molecule has 0 aliphatic carbocycles. The molecule has 0 spiro atoms. The highest BCUT2D eigenvalue weighted by Gasteiger charge is 2.25. The van der Waals surface area contributed by atoms with E-state index in [-0.39, 0.29) is 16.2 Å². The topological polar surface area (TPSA) is 33.5 Å². The second-order valence-corrected chi connectivity index (χ2v) is 17.2. The Labute approximate surface area is 320 Å². The average molecular weight is 711 g/mol. The molecule has 0 saturated carbocycles. The Bertz CT molecular complexity index is 2510. The minimum absolute atomic E-state index is 0.00279. The fourth-order valence-electron chi connectivity index (χ4n) is 7.49. The molecule has 0 atom stereocenters. The van der Waals surface area contributed by atoms with Gasteiger partial charge in [-0.25, -0.2) is 4.98 Å². The minimum Gasteiger partial charge on any atom is -0.457 e. The summed E-state index contributed by atoms with van der Waals surface area (Å²) in [5.74, 6) is 2.48. The zero-order chi connectivity index (χ0) is 37.8. The van der Waals surface area contributed by atoms with Gasteiger partial charge in [-0.3, -0.25) is 4.57 Å². The molecule has 272 valence electrons. The van der Waals surface area contributed by atoms with Gasteiger partial charge in [0.15, 0.2) is 0 Å². The van der Waals surface area contributed by atoms with Crippen molar-refractivity contribution in [2.75, 3.05) is 16.5 Å². The van der Waals surface area contributed by atoms with Crippen molar-refractivity contribution in [3.05, 3.63) is 168 Å². The number of ether oxygens (including phenoxy) is 1. The van der Waals surface area contributed by atoms with Crippen LogP contribution in [0.5, 0.6) is 11.5 Å². The summed E-state index contributed by atoms with van der Waals surface area (Å²) >= 11 is 0. The van der Waals surface area contributed by atoms with E-state index in [0.29, 0.717) is 6.67 Å². The van der Waals surface area contributed by atoms with Crippen LogP contribution in [0.4, 0.5) is 11.4 Å². The minimum atomic E-state index is -0.105. The quantitative estimate of drug-likeness (QED) is 0.165. The molecule has 2 aromatic heterocycles. The lowest BCUT2D eigenvalue weighted by Gasteiger charge is -2.28. The van der Waals surface area contributed by atoms with E-state index in [4.69, 9.17) is 9.72 Å². The molecule has 5 aromatic carbocycles. The molecule has 0 fully saturated rings. The van der Waals surface area contributed by atoms with Crippen molar-refractivity contribution in [1.82, 2.24) is 9.55 Å². The molecule has 1 aliphatic heterocycles. The van der Waals surface area contributed by atoms with Crippen molar-refractivity contribution >= 4 is 33.2 Å². The second-order valence-electron chi connectivity index (χ2n) is 17.2. The van der Waals surface area contributed by atoms with E-state index >= 15 is 0 Å². The van der Waals surface area contributed by atoms with Crippen LogP contribution in [0, 0.1) is 0 Å². The van der Waals surface area contributed by atoms with Gasteiger partial charge in [-0.05, 0) is 87.7 Å². The molecular formula is C49H50N4O. The standard InChI is InChI=1S/C49H50N4O/c1-47(2,3)35-20-22-42-43-23-21-41(32-45(43)53(44(42)29-35)46-30-36(24-25-50-46)48(4,5)6)54-40-19-13-18-39(31-40)52-27-26-51(33-52)38-17-12-16-37(28-38)49(7,8)34-14-10-9-11-15-34/h9-32H,33H2,1-8H3. The Hall–Kier alpha value is -5.81. The molecule has 0 N–H and O–H groups in total. The van der Waals surface area contributed by atoms with E-state index < -0.39 is 0 Å². The van der Waals surface area contributed by atoms with Crippen molar-refractivity contribution in [2.24, 2.45) is 0 Å². The summed E-state index contributed by atoms with van der Waals surface area (Å²) in [4.78, 5) is 9.47. The van der Waals surface area contributed by atoms with Gasteiger partial charge >= 0.3 is 0 Å². The lowest BCUT2D eigenvalue weighted by molar-refractivity contribution is 0.483. The fourth-order valence-corrected chi connectivity index (χ4v) is 7.49. The van der Waals surface area contributed by atoms with E-state index in [1.807, 2.05) is 12.3 Å². The summed E-state index contributed by atoms with van der Waals surface area (Å²) < 4.78 is 8.94. The number of anilines is 2. The fraction of sp³-hybridized carbons (Fsp3) is 0.245. The number of aromatic nitrogens is 2. The first-order valence-corrected chi connectivity index (χ1v) is 19.0. The number of hydrogen-bond acceptors (Lipinski definition) is 4. The van der Waals surface area contributed by atoms with Gasteiger partial charge in [0, 0.05) is 58.3 Å². The van der Waals surface area contributed by atoms with Gasteiger partial charge in [0.1, 0.15) is 17.3 Å². The second kappa shape index (κ2) is 13.2. The summed E-state index contributed by atoms with van der Waals surface area (Å²) in [5.41, 5.74) is 9.49. The highest BCUT2D eigenvalue weighted by atomic mass is 16.5. The molecule has 0 amide bonds. The van der Waals surface area contributed by atoms with Gasteiger partial charge in [-0.2, -0.15) is 0 Å². The van der Waals surface area contributed by atoms with E-state index in [9.17, 15) is 0 Å². The monoisotopic (exact) mass is 710 g/mol. The maximum atomic E-state index is 6.64. The largest absolute Gasteiger partial charge is 0.457 e. The van der Waals surface area contributed by atoms with Gasteiger partial charge < -0.3 is 14.5 Å². The van der Waals surface area contributed by atoms with Gasteiger partial charge in [-0.1, -0.05) is 116 Å². The summed E-state index contributed by atoms with van der Waals surface area (Å²) in [6.45, 7) is 18.8. The Morgan fingerprint density at radius 2 is 1.09 bits per heavy atom. The SMILES string of the molecule is CC(C)(C)c1ccnc(-n2c3cc(Oc4cccc(N5C=CN(c6cccc(C(C)(C)c7ccccc7)c6)C5)c4)ccc3c3ccc(C(C)(C)C)cc32)c1. The van der Waals surface area contributed by atoms with Crippen LogP contribution in [0.1, 0.15) is 77.6 Å². The third-order valence-corrected chi connectivity index (χ3v) is 11.0. The third-order valence-electron chi connectivity index (χ3n) is 11.0. The Kier molecular flexibility index (Phi) is 8.64. The first-order valence-electron chi connectivity index (χ1n) is 19.0. The van der Waals surface area contributed by atoms with Crippen LogP contribution >= 0.6 is 0 Å². The summed E-state index contributed by atoms with van der Waals surface area (Å²) in [6, 6.07) is 45.6. The normalized spacial score (nSPS) is 13.7. The molecule has 8 rings (SSSR count). The molecule has 54 heavy (non-hydrogen) atoms. The first kappa shape index (κ1) is 35.2. The molecule has 5 nitrogen and oxygen atoms in total. The van der Waals surface area contributed by atoms with Crippen LogP contribution in [0.25, 0.3) is 27.6 Å². The highest BCUT2D eigenvalue weighted by molar-refractivity contribution is 6.09. The smallest absolute Gasteiger partial charge is 0.137 e. The Morgan fingerprint density at radius 3 is 1.80 bits per heavy atom. The average Bonchev–Trinajstić information content (AvgIpc) is 3.78. The van der Waals surface area contributed by atoms with E-state index in [1.54, 1.807) is 0 Å². The zero-order valence-electron chi connectivity index (χ0n) is 32.8. The van der Waals surface area contributed by atoms with Crippen molar-refractivity contribution in [3.8, 4) is 17.3 Å². The molecule has 0 unspecified atom stereocenters. The molecular weight excluding hydrogens is 661 g/mol. The van der Waals surface area contributed by atoms with E-state index in [1.165, 1.54) is 38.7 Å². The first-order chi connectivity index (χ1) is 25.8. The predicted octanol–water partition coefficient (Wildman–Crippen LogP) is 12.6.